The van der Waals surface area contributed by atoms with E-state index in [9.17, 15) is 13.2 Å². The van der Waals surface area contributed by atoms with Gasteiger partial charge in [0.15, 0.2) is 0 Å². The molecule has 0 bridgehead atoms. The Hall–Kier alpha value is -2.03. The molecule has 102 valence electrons. The predicted molar refractivity (Wildman–Crippen MR) is 61.8 cm³/mol. The average molecular weight is 291 g/mol. The Bertz CT molecular complexity index is 542. The first-order valence-electron chi connectivity index (χ1n) is 4.99. The van der Waals surface area contributed by atoms with Crippen molar-refractivity contribution in [3.63, 3.8) is 0 Å². The third-order valence-corrected chi connectivity index (χ3v) is 2.61. The summed E-state index contributed by atoms with van der Waals surface area (Å²) >= 11 is 1.04. The zero-order valence-corrected chi connectivity index (χ0v) is 10.2. The van der Waals surface area contributed by atoms with Crippen molar-refractivity contribution >= 4 is 16.5 Å². The van der Waals surface area contributed by atoms with Gasteiger partial charge in [-0.15, -0.1) is 18.3 Å². The summed E-state index contributed by atoms with van der Waals surface area (Å²) in [5.74, 6) is 0.0663. The number of rotatable bonds is 4. The summed E-state index contributed by atoms with van der Waals surface area (Å²) < 4.78 is 48.5. The van der Waals surface area contributed by atoms with E-state index in [1.807, 2.05) is 0 Å². The van der Waals surface area contributed by atoms with Crippen LogP contribution in [0.25, 0.3) is 0 Å². The smallest absolute Gasteiger partial charge is 0.487 e. The summed E-state index contributed by atoms with van der Waals surface area (Å²) in [6.45, 7) is 0.0990. The number of hydrogen-bond acceptors (Lipinski definition) is 6. The Balaban J connectivity index is 1.94. The molecule has 0 fully saturated rings. The van der Waals surface area contributed by atoms with Crippen LogP contribution < -0.4 is 15.2 Å². The molecule has 5 nitrogen and oxygen atoms in total. The Labute approximate surface area is 109 Å². The quantitative estimate of drug-likeness (QED) is 0.937. The van der Waals surface area contributed by atoms with Crippen LogP contribution in [-0.4, -0.2) is 15.9 Å². The molecule has 0 atom stereocenters. The summed E-state index contributed by atoms with van der Waals surface area (Å²) in [4.78, 5) is 0. The van der Waals surface area contributed by atoms with Crippen molar-refractivity contribution in [1.82, 2.24) is 9.59 Å². The SMILES string of the molecule is Nc1snnc1COc1ccc(OC(F)(F)F)cc1. The maximum atomic E-state index is 11.9. The van der Waals surface area contributed by atoms with Gasteiger partial charge in [-0.3, -0.25) is 0 Å². The topological polar surface area (TPSA) is 70.3 Å². The van der Waals surface area contributed by atoms with Crippen molar-refractivity contribution in [3.05, 3.63) is 30.0 Å². The van der Waals surface area contributed by atoms with Crippen LogP contribution in [0.4, 0.5) is 18.2 Å². The van der Waals surface area contributed by atoms with Crippen molar-refractivity contribution in [2.45, 2.75) is 13.0 Å². The molecular formula is C10H8F3N3O2S. The van der Waals surface area contributed by atoms with Crippen LogP contribution >= 0.6 is 11.5 Å². The molecule has 1 aromatic heterocycles. The summed E-state index contributed by atoms with van der Waals surface area (Å²) in [6.07, 6.45) is -4.71. The maximum Gasteiger partial charge on any atom is 0.573 e. The minimum atomic E-state index is -4.71. The van der Waals surface area contributed by atoms with Crippen molar-refractivity contribution in [3.8, 4) is 11.5 Å². The van der Waals surface area contributed by atoms with Crippen LogP contribution in [0.15, 0.2) is 24.3 Å². The summed E-state index contributed by atoms with van der Waals surface area (Å²) in [6, 6.07) is 5.03. The lowest BCUT2D eigenvalue weighted by Gasteiger charge is -2.09. The molecule has 0 saturated heterocycles. The zero-order chi connectivity index (χ0) is 13.9. The van der Waals surface area contributed by atoms with E-state index in [-0.39, 0.29) is 12.4 Å². The van der Waals surface area contributed by atoms with Gasteiger partial charge in [0, 0.05) is 11.5 Å². The number of nitrogens with two attached hydrogens (primary N) is 1. The fraction of sp³-hybridized carbons (Fsp3) is 0.200. The first kappa shape index (κ1) is 13.4. The Morgan fingerprint density at radius 3 is 2.32 bits per heavy atom. The minimum Gasteiger partial charge on any atom is -0.487 e. The van der Waals surface area contributed by atoms with E-state index in [0.29, 0.717) is 16.4 Å². The molecule has 1 heterocycles. The Morgan fingerprint density at radius 1 is 1.16 bits per heavy atom. The summed E-state index contributed by atoms with van der Waals surface area (Å²) in [5, 5.41) is 4.18. The van der Waals surface area contributed by atoms with Gasteiger partial charge < -0.3 is 15.2 Å². The number of aromatic nitrogens is 2. The highest BCUT2D eigenvalue weighted by Crippen LogP contribution is 2.25. The molecule has 0 aliphatic carbocycles. The number of ether oxygens (including phenoxy) is 2. The molecule has 0 saturated carbocycles. The number of hydrogen-bond donors (Lipinski definition) is 1. The average Bonchev–Trinajstić information content (AvgIpc) is 2.72. The first-order chi connectivity index (χ1) is 8.94. The van der Waals surface area contributed by atoms with E-state index >= 15 is 0 Å². The second-order valence-electron chi connectivity index (χ2n) is 3.39. The van der Waals surface area contributed by atoms with Gasteiger partial charge in [-0.25, -0.2) is 0 Å². The van der Waals surface area contributed by atoms with Crippen molar-refractivity contribution < 1.29 is 22.6 Å². The van der Waals surface area contributed by atoms with E-state index in [1.165, 1.54) is 12.1 Å². The van der Waals surface area contributed by atoms with Crippen LogP contribution in [0.3, 0.4) is 0 Å². The molecule has 19 heavy (non-hydrogen) atoms. The maximum absolute atomic E-state index is 11.9. The molecule has 0 aliphatic heterocycles. The van der Waals surface area contributed by atoms with Gasteiger partial charge in [-0.1, -0.05) is 4.49 Å². The van der Waals surface area contributed by atoms with Crippen LogP contribution in [0, 0.1) is 0 Å². The lowest BCUT2D eigenvalue weighted by atomic mass is 10.3. The standard InChI is InChI=1S/C10H8F3N3O2S/c11-10(12,13)18-7-3-1-6(2-4-7)17-5-8-9(14)19-16-15-8/h1-4H,5,14H2. The van der Waals surface area contributed by atoms with E-state index in [0.717, 1.165) is 23.7 Å². The Kier molecular flexibility index (Phi) is 3.74. The van der Waals surface area contributed by atoms with Gasteiger partial charge in [0.25, 0.3) is 0 Å². The molecule has 2 aromatic rings. The van der Waals surface area contributed by atoms with E-state index in [1.54, 1.807) is 0 Å². The molecule has 9 heteroatoms. The van der Waals surface area contributed by atoms with Crippen molar-refractivity contribution in [2.75, 3.05) is 5.73 Å². The second-order valence-corrected chi connectivity index (χ2v) is 4.18. The number of nitrogens with zero attached hydrogens (tertiary/aromatic N) is 2. The van der Waals surface area contributed by atoms with Crippen LogP contribution in [-0.2, 0) is 6.61 Å². The molecule has 0 aliphatic rings. The second kappa shape index (κ2) is 5.31. The van der Waals surface area contributed by atoms with E-state index in [4.69, 9.17) is 10.5 Å². The number of halogens is 3. The summed E-state index contributed by atoms with van der Waals surface area (Å²) in [5.41, 5.74) is 6.05. The molecular weight excluding hydrogens is 283 g/mol. The van der Waals surface area contributed by atoms with Gasteiger partial charge in [0.2, 0.25) is 0 Å². The molecule has 0 radical (unpaired) electrons. The molecule has 0 unspecified atom stereocenters. The van der Waals surface area contributed by atoms with Crippen LogP contribution in [0.1, 0.15) is 5.69 Å². The monoisotopic (exact) mass is 291 g/mol. The Morgan fingerprint density at radius 2 is 1.79 bits per heavy atom. The highest BCUT2D eigenvalue weighted by Gasteiger charge is 2.30. The molecule has 0 amide bonds. The van der Waals surface area contributed by atoms with Gasteiger partial charge >= 0.3 is 6.36 Å². The first-order valence-corrected chi connectivity index (χ1v) is 5.77. The molecule has 2 N–H and O–H groups in total. The fourth-order valence-electron chi connectivity index (χ4n) is 1.20. The summed E-state index contributed by atoms with van der Waals surface area (Å²) in [7, 11) is 0. The van der Waals surface area contributed by atoms with Gasteiger partial charge in [-0.2, -0.15) is 0 Å². The molecule has 1 aromatic carbocycles. The number of nitrogen functional groups attached to an aromatic ring is 1. The van der Waals surface area contributed by atoms with Crippen LogP contribution in [0.2, 0.25) is 0 Å². The molecule has 2 rings (SSSR count). The normalized spacial score (nSPS) is 11.3. The highest BCUT2D eigenvalue weighted by atomic mass is 32.1. The third-order valence-electron chi connectivity index (χ3n) is 2.02. The van der Waals surface area contributed by atoms with Gasteiger partial charge in [0.05, 0.1) is 0 Å². The fourth-order valence-corrected chi connectivity index (χ4v) is 1.64. The highest BCUT2D eigenvalue weighted by molar-refractivity contribution is 7.09. The number of anilines is 1. The van der Waals surface area contributed by atoms with E-state index < -0.39 is 6.36 Å². The van der Waals surface area contributed by atoms with Gasteiger partial charge in [0.1, 0.15) is 28.8 Å². The largest absolute Gasteiger partial charge is 0.573 e. The predicted octanol–water partition coefficient (Wildman–Crippen LogP) is 2.60. The number of alkyl halides is 3. The van der Waals surface area contributed by atoms with Crippen LogP contribution in [0.5, 0.6) is 11.5 Å². The van der Waals surface area contributed by atoms with Crippen molar-refractivity contribution in [1.29, 1.82) is 0 Å². The lowest BCUT2D eigenvalue weighted by molar-refractivity contribution is -0.274. The zero-order valence-electron chi connectivity index (χ0n) is 9.35. The van der Waals surface area contributed by atoms with E-state index in [2.05, 4.69) is 14.3 Å². The lowest BCUT2D eigenvalue weighted by Crippen LogP contribution is -2.16. The van der Waals surface area contributed by atoms with Crippen molar-refractivity contribution in [2.24, 2.45) is 0 Å². The van der Waals surface area contributed by atoms with Gasteiger partial charge in [-0.05, 0) is 24.3 Å². The number of benzene rings is 1. The third kappa shape index (κ3) is 3.98. The molecule has 0 spiro atoms. The minimum absolute atomic E-state index is 0.0990.